The lowest BCUT2D eigenvalue weighted by molar-refractivity contribution is -0.137. The SMILES string of the molecule is COc1cc(NC(=O)c2cnn(-c3cccc(C(F)(F)F)c3)c2C2CC2)c(OC)cc1Cl. The van der Waals surface area contributed by atoms with Gasteiger partial charge in [0, 0.05) is 18.1 Å². The summed E-state index contributed by atoms with van der Waals surface area (Å²) in [6, 6.07) is 7.92. The van der Waals surface area contributed by atoms with Gasteiger partial charge in [-0.25, -0.2) is 4.68 Å². The largest absolute Gasteiger partial charge is 0.495 e. The molecule has 1 amide bonds. The van der Waals surface area contributed by atoms with E-state index in [1.54, 1.807) is 0 Å². The number of carbonyl (C=O) groups is 1. The number of amides is 1. The number of hydrogen-bond acceptors (Lipinski definition) is 4. The van der Waals surface area contributed by atoms with Crippen molar-refractivity contribution in [2.75, 3.05) is 19.5 Å². The molecule has 0 bridgehead atoms. The van der Waals surface area contributed by atoms with E-state index in [2.05, 4.69) is 10.4 Å². The third kappa shape index (κ3) is 4.25. The maximum absolute atomic E-state index is 13.2. The lowest BCUT2D eigenvalue weighted by Crippen LogP contribution is -2.15. The van der Waals surface area contributed by atoms with Crippen LogP contribution in [0.4, 0.5) is 18.9 Å². The van der Waals surface area contributed by atoms with Crippen LogP contribution in [0.15, 0.2) is 42.6 Å². The average molecular weight is 466 g/mol. The Morgan fingerprint density at radius 3 is 2.50 bits per heavy atom. The van der Waals surface area contributed by atoms with E-state index in [-0.39, 0.29) is 17.2 Å². The van der Waals surface area contributed by atoms with Crippen LogP contribution in [-0.2, 0) is 6.18 Å². The number of benzene rings is 2. The number of rotatable bonds is 6. The fourth-order valence-electron chi connectivity index (χ4n) is 3.45. The fourth-order valence-corrected chi connectivity index (χ4v) is 3.68. The van der Waals surface area contributed by atoms with Crippen molar-refractivity contribution in [1.29, 1.82) is 0 Å². The zero-order chi connectivity index (χ0) is 23.0. The highest BCUT2D eigenvalue weighted by Crippen LogP contribution is 2.43. The van der Waals surface area contributed by atoms with Gasteiger partial charge in [-0.1, -0.05) is 17.7 Å². The number of alkyl halides is 3. The van der Waals surface area contributed by atoms with Gasteiger partial charge in [-0.05, 0) is 31.0 Å². The molecule has 6 nitrogen and oxygen atoms in total. The summed E-state index contributed by atoms with van der Waals surface area (Å²) in [7, 11) is 2.89. The van der Waals surface area contributed by atoms with E-state index in [4.69, 9.17) is 21.1 Å². The number of hydrogen-bond donors (Lipinski definition) is 1. The van der Waals surface area contributed by atoms with Gasteiger partial charge < -0.3 is 14.8 Å². The van der Waals surface area contributed by atoms with Gasteiger partial charge in [-0.2, -0.15) is 18.3 Å². The monoisotopic (exact) mass is 465 g/mol. The van der Waals surface area contributed by atoms with Crippen LogP contribution in [0.25, 0.3) is 5.69 Å². The molecule has 10 heteroatoms. The highest BCUT2D eigenvalue weighted by atomic mass is 35.5. The second kappa shape index (κ2) is 8.38. The molecular weight excluding hydrogens is 447 g/mol. The molecule has 1 aliphatic carbocycles. The van der Waals surface area contributed by atoms with Crippen molar-refractivity contribution in [2.24, 2.45) is 0 Å². The summed E-state index contributed by atoms with van der Waals surface area (Å²) in [6.07, 6.45) is -1.47. The minimum Gasteiger partial charge on any atom is -0.495 e. The van der Waals surface area contributed by atoms with Crippen molar-refractivity contribution >= 4 is 23.2 Å². The molecule has 0 aliphatic heterocycles. The Hall–Kier alpha value is -3.20. The first-order chi connectivity index (χ1) is 15.2. The Morgan fingerprint density at radius 2 is 1.88 bits per heavy atom. The molecule has 2 aromatic carbocycles. The van der Waals surface area contributed by atoms with Gasteiger partial charge in [-0.15, -0.1) is 0 Å². The predicted molar refractivity (Wildman–Crippen MR) is 113 cm³/mol. The third-order valence-electron chi connectivity index (χ3n) is 5.16. The Kier molecular flexibility index (Phi) is 5.77. The molecule has 0 spiro atoms. The van der Waals surface area contributed by atoms with Crippen molar-refractivity contribution in [3.8, 4) is 17.2 Å². The van der Waals surface area contributed by atoms with E-state index in [0.717, 1.165) is 25.0 Å². The molecule has 1 saturated carbocycles. The zero-order valence-corrected chi connectivity index (χ0v) is 17.9. The van der Waals surface area contributed by atoms with E-state index >= 15 is 0 Å². The third-order valence-corrected chi connectivity index (χ3v) is 5.45. The van der Waals surface area contributed by atoms with Gasteiger partial charge >= 0.3 is 6.18 Å². The van der Waals surface area contributed by atoms with E-state index in [1.165, 1.54) is 49.4 Å². The number of anilines is 1. The number of halogens is 4. The van der Waals surface area contributed by atoms with Crippen LogP contribution in [0.2, 0.25) is 5.02 Å². The molecule has 0 radical (unpaired) electrons. The summed E-state index contributed by atoms with van der Waals surface area (Å²) in [5.74, 6) is 0.259. The molecule has 1 fully saturated rings. The Labute approximate surface area is 186 Å². The Bertz CT molecular complexity index is 1170. The van der Waals surface area contributed by atoms with E-state index in [1.807, 2.05) is 0 Å². The molecule has 3 aromatic rings. The maximum Gasteiger partial charge on any atom is 0.416 e. The molecule has 0 atom stereocenters. The normalized spacial score (nSPS) is 13.7. The fraction of sp³-hybridized carbons (Fsp3) is 0.273. The van der Waals surface area contributed by atoms with Crippen LogP contribution in [0.3, 0.4) is 0 Å². The van der Waals surface area contributed by atoms with Crippen LogP contribution in [0.1, 0.15) is 40.4 Å². The minimum atomic E-state index is -4.48. The Morgan fingerprint density at radius 1 is 1.16 bits per heavy atom. The van der Waals surface area contributed by atoms with E-state index in [0.29, 0.717) is 27.9 Å². The minimum absolute atomic E-state index is 0.0365. The smallest absolute Gasteiger partial charge is 0.416 e. The molecule has 32 heavy (non-hydrogen) atoms. The van der Waals surface area contributed by atoms with Gasteiger partial charge in [0.05, 0.1) is 53.6 Å². The molecule has 168 valence electrons. The number of ether oxygens (including phenoxy) is 2. The standard InChI is InChI=1S/C22H19ClF3N3O3/c1-31-18-10-17(19(32-2)9-16(18)23)28-21(30)15-11-27-29(20(15)12-6-7-12)14-5-3-4-13(8-14)22(24,25)26/h3-5,8-12H,6-7H2,1-2H3,(H,28,30). The second-order valence-electron chi connectivity index (χ2n) is 7.32. The lowest BCUT2D eigenvalue weighted by Gasteiger charge is -2.14. The summed E-state index contributed by atoms with van der Waals surface area (Å²) >= 11 is 6.11. The van der Waals surface area contributed by atoms with Crippen molar-refractivity contribution in [3.05, 3.63) is 64.4 Å². The summed E-state index contributed by atoms with van der Waals surface area (Å²) in [5.41, 5.74) is 0.651. The van der Waals surface area contributed by atoms with Crippen molar-refractivity contribution in [1.82, 2.24) is 9.78 Å². The highest BCUT2D eigenvalue weighted by Gasteiger charge is 2.34. The summed E-state index contributed by atoms with van der Waals surface area (Å²) < 4.78 is 51.4. The van der Waals surface area contributed by atoms with E-state index in [9.17, 15) is 18.0 Å². The van der Waals surface area contributed by atoms with Gasteiger partial charge in [0.1, 0.15) is 11.5 Å². The molecule has 0 saturated heterocycles. The lowest BCUT2D eigenvalue weighted by atomic mass is 10.1. The topological polar surface area (TPSA) is 65.4 Å². The zero-order valence-electron chi connectivity index (χ0n) is 17.2. The summed E-state index contributed by atoms with van der Waals surface area (Å²) in [5, 5.41) is 7.32. The molecule has 1 N–H and O–H groups in total. The molecule has 1 heterocycles. The molecule has 1 aliphatic rings. The molecule has 1 aromatic heterocycles. The van der Waals surface area contributed by atoms with Gasteiger partial charge in [0.2, 0.25) is 0 Å². The maximum atomic E-state index is 13.2. The van der Waals surface area contributed by atoms with Crippen molar-refractivity contribution < 1.29 is 27.4 Å². The Balaban J connectivity index is 1.71. The second-order valence-corrected chi connectivity index (χ2v) is 7.73. The highest BCUT2D eigenvalue weighted by molar-refractivity contribution is 6.32. The summed E-state index contributed by atoms with van der Waals surface area (Å²) in [4.78, 5) is 13.1. The first-order valence-electron chi connectivity index (χ1n) is 9.71. The summed E-state index contributed by atoms with van der Waals surface area (Å²) in [6.45, 7) is 0. The average Bonchev–Trinajstić information content (AvgIpc) is 3.51. The van der Waals surface area contributed by atoms with Crippen molar-refractivity contribution in [3.63, 3.8) is 0 Å². The number of nitrogens with one attached hydrogen (secondary N) is 1. The van der Waals surface area contributed by atoms with Gasteiger partial charge in [0.15, 0.2) is 0 Å². The molecule has 4 rings (SSSR count). The van der Waals surface area contributed by atoms with E-state index < -0.39 is 17.6 Å². The molecular formula is C22H19ClF3N3O3. The van der Waals surface area contributed by atoms with Crippen LogP contribution in [-0.4, -0.2) is 29.9 Å². The van der Waals surface area contributed by atoms with Gasteiger partial charge in [-0.3, -0.25) is 4.79 Å². The first kappa shape index (κ1) is 22.0. The number of carbonyl (C=O) groups excluding carboxylic acids is 1. The van der Waals surface area contributed by atoms with Gasteiger partial charge in [0.25, 0.3) is 5.91 Å². The predicted octanol–water partition coefficient (Wildman–Crippen LogP) is 5.69. The number of aromatic nitrogens is 2. The number of nitrogens with zero attached hydrogens (tertiary/aromatic N) is 2. The van der Waals surface area contributed by atoms with Crippen LogP contribution in [0.5, 0.6) is 11.5 Å². The quantitative estimate of drug-likeness (QED) is 0.508. The number of methoxy groups -OCH3 is 2. The van der Waals surface area contributed by atoms with Crippen molar-refractivity contribution in [2.45, 2.75) is 24.9 Å². The first-order valence-corrected chi connectivity index (χ1v) is 10.1. The van der Waals surface area contributed by atoms with Crippen LogP contribution >= 0.6 is 11.6 Å². The molecule has 0 unspecified atom stereocenters. The van der Waals surface area contributed by atoms with Crippen LogP contribution < -0.4 is 14.8 Å². The van der Waals surface area contributed by atoms with Crippen LogP contribution in [0, 0.1) is 0 Å².